The zero-order valence-corrected chi connectivity index (χ0v) is 9.62. The van der Waals surface area contributed by atoms with Crippen molar-refractivity contribution >= 4 is 6.29 Å². The smallest absolute Gasteiger partial charge is 0.151 e. The molecule has 0 amide bonds. The van der Waals surface area contributed by atoms with Gasteiger partial charge in [-0.3, -0.25) is 10.6 Å². The van der Waals surface area contributed by atoms with Crippen LogP contribution in [0.4, 0.5) is 0 Å². The molecule has 0 rings (SSSR count). The summed E-state index contributed by atoms with van der Waals surface area (Å²) in [6.45, 7) is 7.85. The maximum Gasteiger partial charge on any atom is 0.151 e. The lowest BCUT2D eigenvalue weighted by molar-refractivity contribution is -0.110. The summed E-state index contributed by atoms with van der Waals surface area (Å²) in [5, 5.41) is 6.04. The molecule has 5 nitrogen and oxygen atoms in total. The topological polar surface area (TPSA) is 59.6 Å². The average Bonchev–Trinajstić information content (AvgIpc) is 2.27. The Hall–Kier alpha value is -0.490. The van der Waals surface area contributed by atoms with E-state index in [9.17, 15) is 4.79 Å². The van der Waals surface area contributed by atoms with Crippen molar-refractivity contribution in [3.63, 3.8) is 0 Å². The van der Waals surface area contributed by atoms with Crippen LogP contribution in [0, 0.1) is 0 Å². The minimum atomic E-state index is -0.314. The van der Waals surface area contributed by atoms with E-state index in [4.69, 9.17) is 9.47 Å². The third-order valence-corrected chi connectivity index (χ3v) is 1.77. The lowest BCUT2D eigenvalue weighted by Crippen LogP contribution is -2.46. The van der Waals surface area contributed by atoms with Gasteiger partial charge in [0.1, 0.15) is 6.17 Å². The van der Waals surface area contributed by atoms with Crippen LogP contribution in [-0.4, -0.2) is 52.0 Å². The molecule has 0 aromatic carbocycles. The van der Waals surface area contributed by atoms with Crippen LogP contribution in [0.1, 0.15) is 13.8 Å². The molecule has 0 heterocycles. The van der Waals surface area contributed by atoms with Crippen LogP contribution in [0.15, 0.2) is 0 Å². The zero-order valence-electron chi connectivity index (χ0n) is 9.62. The first-order chi connectivity index (χ1) is 7.35. The van der Waals surface area contributed by atoms with E-state index in [2.05, 4.69) is 10.6 Å². The van der Waals surface area contributed by atoms with Crippen LogP contribution in [0.5, 0.6) is 0 Å². The van der Waals surface area contributed by atoms with E-state index in [1.54, 1.807) is 0 Å². The van der Waals surface area contributed by atoms with Gasteiger partial charge < -0.3 is 14.3 Å². The molecule has 0 aromatic heterocycles. The SMILES string of the molecule is CCOCCNC(C=O)NCCOCC. The first-order valence-corrected chi connectivity index (χ1v) is 5.42. The predicted octanol–water partition coefficient (Wildman–Crippen LogP) is -0.236. The minimum Gasteiger partial charge on any atom is -0.380 e. The molecule has 90 valence electrons. The molecule has 0 spiro atoms. The Morgan fingerprint density at radius 1 is 1.07 bits per heavy atom. The maximum absolute atomic E-state index is 10.6. The maximum atomic E-state index is 10.6. The van der Waals surface area contributed by atoms with Crippen molar-refractivity contribution in [2.24, 2.45) is 0 Å². The molecule has 0 aliphatic rings. The highest BCUT2D eigenvalue weighted by Crippen LogP contribution is 1.76. The third-order valence-electron chi connectivity index (χ3n) is 1.77. The van der Waals surface area contributed by atoms with E-state index >= 15 is 0 Å². The fourth-order valence-corrected chi connectivity index (χ4v) is 1.03. The number of ether oxygens (including phenoxy) is 2. The van der Waals surface area contributed by atoms with Crippen LogP contribution < -0.4 is 10.6 Å². The second kappa shape index (κ2) is 11.6. The van der Waals surface area contributed by atoms with Crippen LogP contribution in [-0.2, 0) is 14.3 Å². The van der Waals surface area contributed by atoms with Crippen molar-refractivity contribution in [2.75, 3.05) is 39.5 Å². The molecule has 15 heavy (non-hydrogen) atoms. The summed E-state index contributed by atoms with van der Waals surface area (Å²) in [4.78, 5) is 10.6. The normalized spacial score (nSPS) is 10.9. The van der Waals surface area contributed by atoms with Crippen LogP contribution in [0.3, 0.4) is 0 Å². The molecule has 0 fully saturated rings. The standard InChI is InChI=1S/C10H22N2O3/c1-3-14-7-5-11-10(9-13)12-6-8-15-4-2/h9-12H,3-8H2,1-2H3. The summed E-state index contributed by atoms with van der Waals surface area (Å²) in [5.74, 6) is 0. The molecule has 0 saturated heterocycles. The molecular weight excluding hydrogens is 196 g/mol. The number of hydrogen-bond donors (Lipinski definition) is 2. The lowest BCUT2D eigenvalue weighted by atomic mass is 10.5. The molecule has 0 aromatic rings. The average molecular weight is 218 g/mol. The summed E-state index contributed by atoms with van der Waals surface area (Å²) in [6.07, 6.45) is 0.531. The summed E-state index contributed by atoms with van der Waals surface area (Å²) in [7, 11) is 0. The van der Waals surface area contributed by atoms with Crippen LogP contribution >= 0.6 is 0 Å². The van der Waals surface area contributed by atoms with Gasteiger partial charge >= 0.3 is 0 Å². The number of aldehydes is 1. The van der Waals surface area contributed by atoms with Gasteiger partial charge in [0.15, 0.2) is 6.29 Å². The monoisotopic (exact) mass is 218 g/mol. The number of hydrogen-bond acceptors (Lipinski definition) is 5. The molecule has 0 aliphatic heterocycles. The van der Waals surface area contributed by atoms with Gasteiger partial charge in [0, 0.05) is 26.3 Å². The van der Waals surface area contributed by atoms with Crippen LogP contribution in [0.2, 0.25) is 0 Å². The zero-order chi connectivity index (χ0) is 11.4. The van der Waals surface area contributed by atoms with Gasteiger partial charge in [-0.2, -0.15) is 0 Å². The largest absolute Gasteiger partial charge is 0.380 e. The molecule has 0 bridgehead atoms. The van der Waals surface area contributed by atoms with Gasteiger partial charge in [-0.05, 0) is 13.8 Å². The predicted molar refractivity (Wildman–Crippen MR) is 58.8 cm³/mol. The molecule has 0 aliphatic carbocycles. The van der Waals surface area contributed by atoms with Gasteiger partial charge in [-0.1, -0.05) is 0 Å². The van der Waals surface area contributed by atoms with E-state index in [0.29, 0.717) is 39.5 Å². The van der Waals surface area contributed by atoms with Crippen molar-refractivity contribution < 1.29 is 14.3 Å². The molecule has 0 unspecified atom stereocenters. The highest BCUT2D eigenvalue weighted by molar-refractivity contribution is 5.56. The fraction of sp³-hybridized carbons (Fsp3) is 0.900. The van der Waals surface area contributed by atoms with E-state index in [1.807, 2.05) is 13.8 Å². The number of nitrogens with one attached hydrogen (secondary N) is 2. The molecule has 0 atom stereocenters. The van der Waals surface area contributed by atoms with Gasteiger partial charge in [0.05, 0.1) is 13.2 Å². The Bertz CT molecular complexity index is 133. The second-order valence-electron chi connectivity index (χ2n) is 2.92. The van der Waals surface area contributed by atoms with Crippen molar-refractivity contribution in [3.8, 4) is 0 Å². The van der Waals surface area contributed by atoms with Gasteiger partial charge in [-0.25, -0.2) is 0 Å². The van der Waals surface area contributed by atoms with E-state index < -0.39 is 0 Å². The number of carbonyl (C=O) groups excluding carboxylic acids is 1. The highest BCUT2D eigenvalue weighted by Gasteiger charge is 2.03. The summed E-state index contributed by atoms with van der Waals surface area (Å²) >= 11 is 0. The molecule has 0 saturated carbocycles. The molecule has 2 N–H and O–H groups in total. The summed E-state index contributed by atoms with van der Waals surface area (Å²) in [5.41, 5.74) is 0. The Kier molecular flexibility index (Phi) is 11.2. The second-order valence-corrected chi connectivity index (χ2v) is 2.92. The third kappa shape index (κ3) is 9.81. The molecule has 0 radical (unpaired) electrons. The highest BCUT2D eigenvalue weighted by atomic mass is 16.5. The van der Waals surface area contributed by atoms with Crippen molar-refractivity contribution in [3.05, 3.63) is 0 Å². The Morgan fingerprint density at radius 3 is 1.87 bits per heavy atom. The summed E-state index contributed by atoms with van der Waals surface area (Å²) in [6, 6.07) is 0. The first-order valence-electron chi connectivity index (χ1n) is 5.42. The van der Waals surface area contributed by atoms with E-state index in [1.165, 1.54) is 0 Å². The van der Waals surface area contributed by atoms with Crippen molar-refractivity contribution in [1.82, 2.24) is 10.6 Å². The van der Waals surface area contributed by atoms with Gasteiger partial charge in [0.2, 0.25) is 0 Å². The van der Waals surface area contributed by atoms with Gasteiger partial charge in [-0.15, -0.1) is 0 Å². The Balaban J connectivity index is 3.34. The van der Waals surface area contributed by atoms with Gasteiger partial charge in [0.25, 0.3) is 0 Å². The van der Waals surface area contributed by atoms with E-state index in [-0.39, 0.29) is 6.17 Å². The van der Waals surface area contributed by atoms with E-state index in [0.717, 1.165) is 6.29 Å². The summed E-state index contributed by atoms with van der Waals surface area (Å²) < 4.78 is 10.3. The molecular formula is C10H22N2O3. The Morgan fingerprint density at radius 2 is 1.53 bits per heavy atom. The van der Waals surface area contributed by atoms with Crippen LogP contribution in [0.25, 0.3) is 0 Å². The quantitative estimate of drug-likeness (QED) is 0.285. The fourth-order valence-electron chi connectivity index (χ4n) is 1.03. The van der Waals surface area contributed by atoms with Crippen molar-refractivity contribution in [1.29, 1.82) is 0 Å². The number of carbonyl (C=O) groups is 1. The first kappa shape index (κ1) is 14.5. The lowest BCUT2D eigenvalue weighted by Gasteiger charge is -2.14. The minimum absolute atomic E-state index is 0.314. The number of rotatable bonds is 11. The molecule has 5 heteroatoms. The van der Waals surface area contributed by atoms with Crippen molar-refractivity contribution in [2.45, 2.75) is 20.0 Å². The Labute approximate surface area is 91.5 Å².